The monoisotopic (exact) mass is 286 g/mol. The molecule has 0 N–H and O–H groups in total. The number of rotatable bonds is 0. The van der Waals surface area contributed by atoms with Crippen molar-refractivity contribution in [3.05, 3.63) is 11.6 Å². The van der Waals surface area contributed by atoms with Crippen molar-refractivity contribution < 1.29 is 0 Å². The van der Waals surface area contributed by atoms with Crippen LogP contribution >= 0.6 is 0 Å². The zero-order valence-corrected chi connectivity index (χ0v) is 14.5. The highest BCUT2D eigenvalue weighted by Gasteiger charge is 2.58. The molecule has 0 bridgehead atoms. The third-order valence-corrected chi connectivity index (χ3v) is 8.78. The summed E-state index contributed by atoms with van der Waals surface area (Å²) in [5.74, 6) is 4.20. The second kappa shape index (κ2) is 4.87. The quantitative estimate of drug-likeness (QED) is 0.454. The number of hydrogen-bond donors (Lipinski definition) is 0. The molecule has 4 aliphatic carbocycles. The van der Waals surface area contributed by atoms with Crippen LogP contribution in [0.4, 0.5) is 0 Å². The average molecular weight is 287 g/mol. The van der Waals surface area contributed by atoms with Gasteiger partial charge in [-0.25, -0.2) is 0 Å². The van der Waals surface area contributed by atoms with Gasteiger partial charge in [0.1, 0.15) is 0 Å². The smallest absolute Gasteiger partial charge is 0.00853 e. The lowest BCUT2D eigenvalue weighted by Gasteiger charge is -2.60. The molecule has 21 heavy (non-hydrogen) atoms. The molecule has 0 nitrogen and oxygen atoms in total. The Bertz CT molecular complexity index is 447. The highest BCUT2D eigenvalue weighted by atomic mass is 14.6. The van der Waals surface area contributed by atoms with Crippen LogP contribution in [0.3, 0.4) is 0 Å². The van der Waals surface area contributed by atoms with E-state index in [0.717, 1.165) is 23.7 Å². The maximum Gasteiger partial charge on any atom is -0.00853 e. The molecule has 4 saturated carbocycles. The van der Waals surface area contributed by atoms with E-state index in [1.807, 2.05) is 5.57 Å². The summed E-state index contributed by atoms with van der Waals surface area (Å²) in [5.41, 5.74) is 3.09. The first-order chi connectivity index (χ1) is 10.1. The Morgan fingerprint density at radius 2 is 1.76 bits per heavy atom. The first-order valence-electron chi connectivity index (χ1n) is 9.75. The molecule has 4 fully saturated rings. The van der Waals surface area contributed by atoms with Crippen LogP contribution in [-0.2, 0) is 0 Å². The average Bonchev–Trinajstić information content (AvgIpc) is 2.83. The number of allylic oxidation sites excluding steroid dienone is 2. The Morgan fingerprint density at radius 3 is 2.57 bits per heavy atom. The summed E-state index contributed by atoms with van der Waals surface area (Å²) in [5, 5.41) is 0. The predicted octanol–water partition coefficient (Wildman–Crippen LogP) is 6.37. The highest BCUT2D eigenvalue weighted by Crippen LogP contribution is 2.67. The van der Waals surface area contributed by atoms with Crippen molar-refractivity contribution in [1.29, 1.82) is 0 Å². The van der Waals surface area contributed by atoms with E-state index in [4.69, 9.17) is 0 Å². The molecule has 0 radical (unpaired) electrons. The summed E-state index contributed by atoms with van der Waals surface area (Å²) in [6, 6.07) is 0. The van der Waals surface area contributed by atoms with E-state index in [1.165, 1.54) is 38.5 Å². The molecule has 4 aliphatic rings. The molecule has 0 aromatic rings. The molecule has 6 atom stereocenters. The third kappa shape index (κ3) is 1.86. The van der Waals surface area contributed by atoms with Gasteiger partial charge >= 0.3 is 0 Å². The first kappa shape index (κ1) is 14.3. The van der Waals surface area contributed by atoms with E-state index >= 15 is 0 Å². The molecule has 0 aliphatic heterocycles. The Labute approximate surface area is 131 Å². The SMILES string of the molecule is CC=C1CC[C@@H]2[C@@H]3CCC4CCCC[C@]4(C)[C@H]3CC[C@]12C. The van der Waals surface area contributed by atoms with Crippen LogP contribution in [-0.4, -0.2) is 0 Å². The largest absolute Gasteiger partial charge is 0.0879 e. The molecule has 118 valence electrons. The third-order valence-electron chi connectivity index (χ3n) is 8.78. The standard InChI is InChI=1S/C21H34/c1-4-15-9-11-18-17-10-8-16-7-5-6-13-20(16,2)19(17)12-14-21(15,18)3/h4,16-19H,5-14H2,1-3H3/t16?,17-,18+,19-,20-,21+/m0/s1. The van der Waals surface area contributed by atoms with E-state index in [1.54, 1.807) is 25.7 Å². The lowest BCUT2D eigenvalue weighted by atomic mass is 9.45. The van der Waals surface area contributed by atoms with Gasteiger partial charge in [0.2, 0.25) is 0 Å². The van der Waals surface area contributed by atoms with Gasteiger partial charge in [0.05, 0.1) is 0 Å². The van der Waals surface area contributed by atoms with E-state index < -0.39 is 0 Å². The van der Waals surface area contributed by atoms with Gasteiger partial charge in [-0.1, -0.05) is 38.3 Å². The lowest BCUT2D eigenvalue weighted by Crippen LogP contribution is -2.52. The molecule has 0 aromatic heterocycles. The van der Waals surface area contributed by atoms with E-state index in [-0.39, 0.29) is 0 Å². The van der Waals surface area contributed by atoms with Crippen molar-refractivity contribution >= 4 is 0 Å². The Morgan fingerprint density at radius 1 is 0.905 bits per heavy atom. The summed E-state index contributed by atoms with van der Waals surface area (Å²) in [6.45, 7) is 7.60. The minimum atomic E-state index is 0.577. The molecule has 0 spiro atoms. The molecule has 0 heteroatoms. The summed E-state index contributed by atoms with van der Waals surface area (Å²) in [7, 11) is 0. The zero-order valence-electron chi connectivity index (χ0n) is 14.5. The van der Waals surface area contributed by atoms with Gasteiger partial charge < -0.3 is 0 Å². The topological polar surface area (TPSA) is 0 Å². The molecule has 0 amide bonds. The van der Waals surface area contributed by atoms with Crippen LogP contribution in [0, 0.1) is 34.5 Å². The number of fused-ring (bicyclic) bond motifs is 5. The van der Waals surface area contributed by atoms with Crippen LogP contribution < -0.4 is 0 Å². The molecule has 4 rings (SSSR count). The van der Waals surface area contributed by atoms with Gasteiger partial charge in [-0.3, -0.25) is 0 Å². The van der Waals surface area contributed by atoms with Crippen molar-refractivity contribution in [2.45, 2.75) is 85.0 Å². The predicted molar refractivity (Wildman–Crippen MR) is 90.1 cm³/mol. The fourth-order valence-corrected chi connectivity index (χ4v) is 7.62. The zero-order chi connectivity index (χ0) is 14.7. The highest BCUT2D eigenvalue weighted by molar-refractivity contribution is 5.23. The molecular formula is C21H34. The molecule has 1 unspecified atom stereocenters. The van der Waals surface area contributed by atoms with Crippen LogP contribution in [0.25, 0.3) is 0 Å². The van der Waals surface area contributed by atoms with Crippen molar-refractivity contribution in [3.8, 4) is 0 Å². The van der Waals surface area contributed by atoms with Gasteiger partial charge in [-0.05, 0) is 92.8 Å². The minimum absolute atomic E-state index is 0.577. The molecular weight excluding hydrogens is 252 g/mol. The fraction of sp³-hybridized carbons (Fsp3) is 0.905. The number of hydrogen-bond acceptors (Lipinski definition) is 0. The second-order valence-electron chi connectivity index (χ2n) is 9.21. The maximum atomic E-state index is 2.70. The van der Waals surface area contributed by atoms with E-state index in [9.17, 15) is 0 Å². The minimum Gasteiger partial charge on any atom is -0.0879 e. The van der Waals surface area contributed by atoms with E-state index in [0.29, 0.717) is 10.8 Å². The summed E-state index contributed by atoms with van der Waals surface area (Å²) < 4.78 is 0. The summed E-state index contributed by atoms with van der Waals surface area (Å²) in [4.78, 5) is 0. The normalized spacial score (nSPS) is 54.9. The molecule has 0 saturated heterocycles. The fourth-order valence-electron chi connectivity index (χ4n) is 7.62. The van der Waals surface area contributed by atoms with Gasteiger partial charge in [0.25, 0.3) is 0 Å². The Hall–Kier alpha value is -0.260. The summed E-state index contributed by atoms with van der Waals surface area (Å²) in [6.07, 6.45) is 17.6. The maximum absolute atomic E-state index is 2.70. The van der Waals surface area contributed by atoms with Crippen LogP contribution in [0.15, 0.2) is 11.6 Å². The lowest BCUT2D eigenvalue weighted by molar-refractivity contribution is -0.0972. The van der Waals surface area contributed by atoms with Crippen LogP contribution in [0.2, 0.25) is 0 Å². The van der Waals surface area contributed by atoms with E-state index in [2.05, 4.69) is 26.8 Å². The van der Waals surface area contributed by atoms with Crippen molar-refractivity contribution in [1.82, 2.24) is 0 Å². The molecule has 0 aromatic carbocycles. The van der Waals surface area contributed by atoms with Crippen molar-refractivity contribution in [3.63, 3.8) is 0 Å². The van der Waals surface area contributed by atoms with Gasteiger partial charge in [0, 0.05) is 0 Å². The first-order valence-corrected chi connectivity index (χ1v) is 9.75. The Kier molecular flexibility index (Phi) is 3.32. The van der Waals surface area contributed by atoms with Crippen molar-refractivity contribution in [2.75, 3.05) is 0 Å². The van der Waals surface area contributed by atoms with Gasteiger partial charge in [-0.2, -0.15) is 0 Å². The Balaban J connectivity index is 1.66. The second-order valence-corrected chi connectivity index (χ2v) is 9.21. The van der Waals surface area contributed by atoms with Gasteiger partial charge in [-0.15, -0.1) is 0 Å². The van der Waals surface area contributed by atoms with Crippen molar-refractivity contribution in [2.24, 2.45) is 34.5 Å². The summed E-state index contributed by atoms with van der Waals surface area (Å²) >= 11 is 0. The van der Waals surface area contributed by atoms with Crippen LogP contribution in [0.5, 0.6) is 0 Å². The van der Waals surface area contributed by atoms with Crippen LogP contribution in [0.1, 0.15) is 85.0 Å². The molecule has 0 heterocycles. The van der Waals surface area contributed by atoms with Gasteiger partial charge in [0.15, 0.2) is 0 Å².